The molecule has 0 aliphatic carbocycles. The van der Waals surface area contributed by atoms with Crippen LogP contribution in [0, 0.1) is 0 Å². The van der Waals surface area contributed by atoms with Crippen molar-refractivity contribution in [1.82, 2.24) is 10.2 Å². The van der Waals surface area contributed by atoms with Gasteiger partial charge in [0.1, 0.15) is 6.04 Å². The Bertz CT molecular complexity index is 685. The summed E-state index contributed by atoms with van der Waals surface area (Å²) in [5, 5.41) is 2.84. The van der Waals surface area contributed by atoms with Gasteiger partial charge in [-0.05, 0) is 30.4 Å². The summed E-state index contributed by atoms with van der Waals surface area (Å²) in [6, 6.07) is 19.6. The molecule has 124 valence electrons. The predicted octanol–water partition coefficient (Wildman–Crippen LogP) is 2.54. The molecule has 4 nitrogen and oxygen atoms in total. The highest BCUT2D eigenvalue weighted by atomic mass is 16.2. The van der Waals surface area contributed by atoms with Crippen molar-refractivity contribution in [3.63, 3.8) is 0 Å². The van der Waals surface area contributed by atoms with Gasteiger partial charge in [-0.15, -0.1) is 0 Å². The maximum atomic E-state index is 12.6. The number of carbonyl (C=O) groups excluding carboxylic acids is 2. The average Bonchev–Trinajstić information content (AvgIpc) is 2.60. The summed E-state index contributed by atoms with van der Waals surface area (Å²) in [7, 11) is 0. The fourth-order valence-electron chi connectivity index (χ4n) is 3.06. The number of carbonyl (C=O) groups is 2. The largest absolute Gasteiger partial charge is 0.343 e. The minimum absolute atomic E-state index is 0.0199. The van der Waals surface area contributed by atoms with Crippen LogP contribution in [0.1, 0.15) is 24.0 Å². The summed E-state index contributed by atoms with van der Waals surface area (Å²) in [6.07, 6.45) is 2.46. The molecule has 1 fully saturated rings. The number of hydrogen-bond acceptors (Lipinski definition) is 2. The van der Waals surface area contributed by atoms with Gasteiger partial charge < -0.3 is 10.2 Å². The Kier molecular flexibility index (Phi) is 5.26. The first kappa shape index (κ1) is 16.2. The molecule has 1 N–H and O–H groups in total. The Balaban J connectivity index is 1.57. The number of nitrogens with zero attached hydrogens (tertiary/aromatic N) is 1. The van der Waals surface area contributed by atoms with Gasteiger partial charge in [-0.25, -0.2) is 0 Å². The highest BCUT2D eigenvalue weighted by Crippen LogP contribution is 2.14. The van der Waals surface area contributed by atoms with E-state index in [4.69, 9.17) is 0 Å². The van der Waals surface area contributed by atoms with Crippen molar-refractivity contribution in [2.45, 2.75) is 31.8 Å². The van der Waals surface area contributed by atoms with Crippen molar-refractivity contribution in [1.29, 1.82) is 0 Å². The molecule has 1 atom stereocenters. The first-order valence-corrected chi connectivity index (χ1v) is 8.38. The summed E-state index contributed by atoms with van der Waals surface area (Å²) >= 11 is 0. The number of amides is 2. The van der Waals surface area contributed by atoms with Gasteiger partial charge in [0.05, 0.1) is 6.54 Å². The van der Waals surface area contributed by atoms with Gasteiger partial charge in [-0.2, -0.15) is 0 Å². The zero-order valence-corrected chi connectivity index (χ0v) is 13.7. The van der Waals surface area contributed by atoms with Crippen molar-refractivity contribution in [3.8, 4) is 0 Å². The molecule has 1 unspecified atom stereocenters. The lowest BCUT2D eigenvalue weighted by atomic mass is 10.0. The summed E-state index contributed by atoms with van der Waals surface area (Å²) in [5.41, 5.74) is 2.30. The Morgan fingerprint density at radius 3 is 2.21 bits per heavy atom. The van der Waals surface area contributed by atoms with Gasteiger partial charge in [-0.3, -0.25) is 9.59 Å². The van der Waals surface area contributed by atoms with Crippen molar-refractivity contribution < 1.29 is 9.59 Å². The lowest BCUT2D eigenvalue weighted by Gasteiger charge is -2.32. The minimum Gasteiger partial charge on any atom is -0.343 e. The Morgan fingerprint density at radius 1 is 0.917 bits per heavy atom. The van der Waals surface area contributed by atoms with Crippen molar-refractivity contribution >= 4 is 11.8 Å². The quantitative estimate of drug-likeness (QED) is 0.888. The Labute approximate surface area is 142 Å². The summed E-state index contributed by atoms with van der Waals surface area (Å²) in [5.74, 6) is -0.0539. The second-order valence-electron chi connectivity index (χ2n) is 6.18. The maximum absolute atomic E-state index is 12.6. The average molecular weight is 322 g/mol. The first-order valence-electron chi connectivity index (χ1n) is 8.38. The molecule has 1 heterocycles. The molecule has 3 rings (SSSR count). The van der Waals surface area contributed by atoms with E-state index in [1.54, 1.807) is 4.90 Å². The van der Waals surface area contributed by atoms with Crippen LogP contribution in [0.15, 0.2) is 60.7 Å². The standard InChI is InChI=1S/C20H22N2O2/c23-19-15-22(14-17-10-5-2-6-11-17)20(24)18(21-19)13-7-12-16-8-3-1-4-9-16/h1-6,8-11,18H,7,12-15H2,(H,21,23). The lowest BCUT2D eigenvalue weighted by Crippen LogP contribution is -2.57. The molecular weight excluding hydrogens is 300 g/mol. The predicted molar refractivity (Wildman–Crippen MR) is 93.2 cm³/mol. The van der Waals surface area contributed by atoms with E-state index < -0.39 is 6.04 Å². The number of hydrogen-bond donors (Lipinski definition) is 1. The number of benzene rings is 2. The van der Waals surface area contributed by atoms with Crippen LogP contribution in [0.5, 0.6) is 0 Å². The molecular formula is C20H22N2O2. The second-order valence-corrected chi connectivity index (χ2v) is 6.18. The van der Waals surface area contributed by atoms with Crippen LogP contribution in [0.2, 0.25) is 0 Å². The third-order valence-electron chi connectivity index (χ3n) is 4.30. The molecule has 1 aliphatic rings. The SMILES string of the molecule is O=C1CN(Cc2ccccc2)C(=O)C(CCCc2ccccc2)N1. The van der Waals surface area contributed by atoms with E-state index in [0.29, 0.717) is 13.0 Å². The second kappa shape index (κ2) is 7.77. The highest BCUT2D eigenvalue weighted by Gasteiger charge is 2.31. The Hall–Kier alpha value is -2.62. The van der Waals surface area contributed by atoms with Crippen LogP contribution in [-0.2, 0) is 22.6 Å². The molecule has 0 bridgehead atoms. The maximum Gasteiger partial charge on any atom is 0.245 e. The van der Waals surface area contributed by atoms with E-state index in [9.17, 15) is 9.59 Å². The van der Waals surface area contributed by atoms with Crippen LogP contribution < -0.4 is 5.32 Å². The molecule has 2 amide bonds. The van der Waals surface area contributed by atoms with Gasteiger partial charge in [0.25, 0.3) is 0 Å². The monoisotopic (exact) mass is 322 g/mol. The molecule has 0 radical (unpaired) electrons. The van der Waals surface area contributed by atoms with Gasteiger partial charge >= 0.3 is 0 Å². The van der Waals surface area contributed by atoms with Crippen molar-refractivity contribution in [2.75, 3.05) is 6.54 Å². The summed E-state index contributed by atoms with van der Waals surface area (Å²) < 4.78 is 0. The normalized spacial score (nSPS) is 17.7. The zero-order valence-electron chi connectivity index (χ0n) is 13.7. The third-order valence-corrected chi connectivity index (χ3v) is 4.30. The van der Waals surface area contributed by atoms with Gasteiger partial charge in [0.15, 0.2) is 0 Å². The van der Waals surface area contributed by atoms with E-state index in [2.05, 4.69) is 17.4 Å². The first-order chi connectivity index (χ1) is 11.7. The molecule has 0 aromatic heterocycles. The molecule has 4 heteroatoms. The van der Waals surface area contributed by atoms with E-state index >= 15 is 0 Å². The number of aryl methyl sites for hydroxylation is 1. The minimum atomic E-state index is -0.404. The molecule has 2 aromatic rings. The molecule has 0 saturated carbocycles. The number of piperazine rings is 1. The number of nitrogens with one attached hydrogen (secondary N) is 1. The van der Waals surface area contributed by atoms with Crippen LogP contribution in [-0.4, -0.2) is 29.3 Å². The molecule has 1 aliphatic heterocycles. The van der Waals surface area contributed by atoms with E-state index in [-0.39, 0.29) is 18.4 Å². The fraction of sp³-hybridized carbons (Fsp3) is 0.300. The molecule has 0 spiro atoms. The van der Waals surface area contributed by atoms with Gasteiger partial charge in [0, 0.05) is 6.54 Å². The van der Waals surface area contributed by atoms with Crippen LogP contribution >= 0.6 is 0 Å². The molecule has 1 saturated heterocycles. The topological polar surface area (TPSA) is 49.4 Å². The summed E-state index contributed by atoms with van der Waals surface area (Å²) in [4.78, 5) is 26.2. The molecule has 24 heavy (non-hydrogen) atoms. The van der Waals surface area contributed by atoms with E-state index in [1.165, 1.54) is 5.56 Å². The van der Waals surface area contributed by atoms with Gasteiger partial charge in [-0.1, -0.05) is 60.7 Å². The number of rotatable bonds is 6. The van der Waals surface area contributed by atoms with Crippen LogP contribution in [0.25, 0.3) is 0 Å². The smallest absolute Gasteiger partial charge is 0.245 e. The zero-order chi connectivity index (χ0) is 16.8. The molecule has 2 aromatic carbocycles. The van der Waals surface area contributed by atoms with Crippen molar-refractivity contribution in [2.24, 2.45) is 0 Å². The Morgan fingerprint density at radius 2 is 1.54 bits per heavy atom. The summed E-state index contributed by atoms with van der Waals surface area (Å²) in [6.45, 7) is 0.630. The van der Waals surface area contributed by atoms with Crippen LogP contribution in [0.4, 0.5) is 0 Å². The van der Waals surface area contributed by atoms with E-state index in [1.807, 2.05) is 48.5 Å². The van der Waals surface area contributed by atoms with Crippen LogP contribution in [0.3, 0.4) is 0 Å². The van der Waals surface area contributed by atoms with Gasteiger partial charge in [0.2, 0.25) is 11.8 Å². The fourth-order valence-corrected chi connectivity index (χ4v) is 3.06. The van der Waals surface area contributed by atoms with Crippen molar-refractivity contribution in [3.05, 3.63) is 71.8 Å². The highest BCUT2D eigenvalue weighted by molar-refractivity contribution is 5.94. The lowest BCUT2D eigenvalue weighted by molar-refractivity contribution is -0.145. The third kappa shape index (κ3) is 4.22. The van der Waals surface area contributed by atoms with E-state index in [0.717, 1.165) is 18.4 Å².